The van der Waals surface area contributed by atoms with Crippen molar-refractivity contribution in [2.45, 2.75) is 37.8 Å². The van der Waals surface area contributed by atoms with Crippen molar-refractivity contribution in [1.82, 2.24) is 10.3 Å². The Balaban J connectivity index is 0.00000225. The van der Waals surface area contributed by atoms with Crippen LogP contribution in [0.25, 0.3) is 21.8 Å². The molecule has 4 nitrogen and oxygen atoms in total. The molecular weight excluding hydrogens is 390 g/mol. The van der Waals surface area contributed by atoms with Crippen molar-refractivity contribution in [2.24, 2.45) is 5.73 Å². The highest BCUT2D eigenvalue weighted by Gasteiger charge is 2.24. The second-order valence-corrected chi connectivity index (χ2v) is 8.01. The molecule has 0 spiro atoms. The van der Waals surface area contributed by atoms with Gasteiger partial charge in [0.15, 0.2) is 0 Å². The summed E-state index contributed by atoms with van der Waals surface area (Å²) in [7, 11) is 0. The number of nitrogens with one attached hydrogen (secondary N) is 1. The van der Waals surface area contributed by atoms with Gasteiger partial charge in [0, 0.05) is 23.2 Å². The predicted molar refractivity (Wildman–Crippen MR) is 118 cm³/mol. The van der Waals surface area contributed by atoms with Crippen LogP contribution in [0.15, 0.2) is 60.7 Å². The summed E-state index contributed by atoms with van der Waals surface area (Å²) in [6.45, 7) is 0. The molecule has 1 aliphatic carbocycles. The minimum atomic E-state index is -0.0333. The first kappa shape index (κ1) is 20.5. The van der Waals surface area contributed by atoms with Crippen LogP contribution in [-0.2, 0) is 0 Å². The standard InChI is InChI=1S/C22H23N3OS.ClH/c23-17-11-13-18(14-12-17)24-21(26)20-19(15-7-3-1-4-8-15)25-22(27-20)16-9-5-2-6-10-16;/h1-10,17-18H,11-14,23H2,(H,24,26);1H. The summed E-state index contributed by atoms with van der Waals surface area (Å²) >= 11 is 1.46. The third kappa shape index (κ3) is 4.61. The molecule has 1 aromatic heterocycles. The number of benzene rings is 2. The van der Waals surface area contributed by atoms with Crippen LogP contribution in [-0.4, -0.2) is 23.0 Å². The first-order valence-corrected chi connectivity index (χ1v) is 10.2. The number of hydrogen-bond donors (Lipinski definition) is 2. The van der Waals surface area contributed by atoms with Crippen molar-refractivity contribution < 1.29 is 4.79 Å². The fraction of sp³-hybridized carbons (Fsp3) is 0.273. The Morgan fingerprint density at radius 1 is 0.929 bits per heavy atom. The van der Waals surface area contributed by atoms with E-state index in [1.165, 1.54) is 11.3 Å². The number of thiazole rings is 1. The third-order valence-corrected chi connectivity index (χ3v) is 6.11. The van der Waals surface area contributed by atoms with Crippen molar-refractivity contribution in [3.8, 4) is 21.8 Å². The molecule has 6 heteroatoms. The van der Waals surface area contributed by atoms with Gasteiger partial charge in [0.25, 0.3) is 5.91 Å². The molecule has 0 saturated heterocycles. The van der Waals surface area contributed by atoms with Gasteiger partial charge in [0.2, 0.25) is 0 Å². The molecule has 2 aromatic carbocycles. The predicted octanol–water partition coefficient (Wildman–Crippen LogP) is 4.90. The first-order valence-electron chi connectivity index (χ1n) is 9.39. The van der Waals surface area contributed by atoms with Crippen LogP contribution in [0.4, 0.5) is 0 Å². The molecule has 146 valence electrons. The fourth-order valence-corrected chi connectivity index (χ4v) is 4.48. The van der Waals surface area contributed by atoms with Crippen molar-refractivity contribution in [1.29, 1.82) is 0 Å². The zero-order valence-electron chi connectivity index (χ0n) is 15.5. The van der Waals surface area contributed by atoms with Crippen molar-refractivity contribution >= 4 is 29.7 Å². The Hall–Kier alpha value is -2.21. The van der Waals surface area contributed by atoms with Gasteiger partial charge in [-0.15, -0.1) is 23.7 Å². The van der Waals surface area contributed by atoms with Crippen LogP contribution >= 0.6 is 23.7 Å². The molecule has 3 N–H and O–H groups in total. The lowest BCUT2D eigenvalue weighted by Gasteiger charge is -2.26. The van der Waals surface area contributed by atoms with E-state index in [9.17, 15) is 4.79 Å². The number of carbonyl (C=O) groups excluding carboxylic acids is 1. The topological polar surface area (TPSA) is 68.0 Å². The van der Waals surface area contributed by atoms with Crippen LogP contribution < -0.4 is 11.1 Å². The van der Waals surface area contributed by atoms with Gasteiger partial charge >= 0.3 is 0 Å². The number of nitrogens with zero attached hydrogens (tertiary/aromatic N) is 1. The average Bonchev–Trinajstić information content (AvgIpc) is 3.17. The number of carbonyl (C=O) groups is 1. The van der Waals surface area contributed by atoms with Crippen LogP contribution in [0.3, 0.4) is 0 Å². The Morgan fingerprint density at radius 2 is 1.50 bits per heavy atom. The summed E-state index contributed by atoms with van der Waals surface area (Å²) in [5.74, 6) is -0.0333. The van der Waals surface area contributed by atoms with Crippen LogP contribution in [0.1, 0.15) is 35.4 Å². The van der Waals surface area contributed by atoms with E-state index in [4.69, 9.17) is 10.7 Å². The zero-order valence-corrected chi connectivity index (χ0v) is 17.1. The number of halogens is 1. The molecule has 1 aliphatic rings. The quantitative estimate of drug-likeness (QED) is 0.639. The summed E-state index contributed by atoms with van der Waals surface area (Å²) in [5, 5.41) is 4.07. The first-order chi connectivity index (χ1) is 13.2. The van der Waals surface area contributed by atoms with E-state index in [-0.39, 0.29) is 30.4 Å². The Morgan fingerprint density at radius 3 is 2.11 bits per heavy atom. The van der Waals surface area contributed by atoms with Gasteiger partial charge in [-0.1, -0.05) is 60.7 Å². The average molecular weight is 414 g/mol. The number of rotatable bonds is 4. The molecule has 0 atom stereocenters. The Bertz CT molecular complexity index is 906. The molecule has 0 unspecified atom stereocenters. The van der Waals surface area contributed by atoms with Crippen LogP contribution in [0, 0.1) is 0 Å². The molecular formula is C22H24ClN3OS. The highest BCUT2D eigenvalue weighted by molar-refractivity contribution is 7.17. The molecule has 0 radical (unpaired) electrons. The molecule has 1 saturated carbocycles. The van der Waals surface area contributed by atoms with E-state index < -0.39 is 0 Å². The molecule has 0 aliphatic heterocycles. The molecule has 28 heavy (non-hydrogen) atoms. The number of nitrogens with two attached hydrogens (primary N) is 1. The lowest BCUT2D eigenvalue weighted by atomic mass is 9.92. The van der Waals surface area contributed by atoms with Crippen molar-refractivity contribution in [3.63, 3.8) is 0 Å². The number of amides is 1. The van der Waals surface area contributed by atoms with Crippen molar-refractivity contribution in [3.05, 3.63) is 65.5 Å². The highest BCUT2D eigenvalue weighted by atomic mass is 35.5. The summed E-state index contributed by atoms with van der Waals surface area (Å²) in [6, 6.07) is 20.4. The maximum absolute atomic E-state index is 13.1. The maximum atomic E-state index is 13.1. The molecule has 1 heterocycles. The van der Waals surface area contributed by atoms with Gasteiger partial charge in [0.05, 0.1) is 5.69 Å². The summed E-state index contributed by atoms with van der Waals surface area (Å²) in [5.41, 5.74) is 8.73. The van der Waals surface area contributed by atoms with E-state index in [2.05, 4.69) is 5.32 Å². The third-order valence-electron chi connectivity index (χ3n) is 5.01. The van der Waals surface area contributed by atoms with Crippen LogP contribution in [0.2, 0.25) is 0 Å². The smallest absolute Gasteiger partial charge is 0.263 e. The minimum absolute atomic E-state index is 0. The monoisotopic (exact) mass is 413 g/mol. The SMILES string of the molecule is Cl.NC1CCC(NC(=O)c2sc(-c3ccccc3)nc2-c2ccccc2)CC1. The molecule has 3 aromatic rings. The number of hydrogen-bond acceptors (Lipinski definition) is 4. The molecule has 0 bridgehead atoms. The maximum Gasteiger partial charge on any atom is 0.263 e. The van der Waals surface area contributed by atoms with Gasteiger partial charge in [-0.3, -0.25) is 4.79 Å². The van der Waals surface area contributed by atoms with Gasteiger partial charge in [-0.05, 0) is 25.7 Å². The van der Waals surface area contributed by atoms with E-state index in [0.29, 0.717) is 4.88 Å². The molecule has 4 rings (SSSR count). The fourth-order valence-electron chi connectivity index (χ4n) is 3.48. The van der Waals surface area contributed by atoms with E-state index in [1.807, 2.05) is 60.7 Å². The number of aromatic nitrogens is 1. The lowest BCUT2D eigenvalue weighted by molar-refractivity contribution is 0.0930. The second kappa shape index (κ2) is 9.32. The van der Waals surface area contributed by atoms with Crippen molar-refractivity contribution in [2.75, 3.05) is 0 Å². The normalized spacial score (nSPS) is 18.9. The van der Waals surface area contributed by atoms with E-state index in [0.717, 1.165) is 47.5 Å². The largest absolute Gasteiger partial charge is 0.349 e. The second-order valence-electron chi connectivity index (χ2n) is 7.01. The minimum Gasteiger partial charge on any atom is -0.349 e. The highest BCUT2D eigenvalue weighted by Crippen LogP contribution is 2.34. The van der Waals surface area contributed by atoms with Gasteiger partial charge in [-0.25, -0.2) is 4.98 Å². The van der Waals surface area contributed by atoms with E-state index >= 15 is 0 Å². The lowest BCUT2D eigenvalue weighted by Crippen LogP contribution is -2.40. The zero-order chi connectivity index (χ0) is 18.6. The molecule has 1 fully saturated rings. The Labute approximate surface area is 175 Å². The van der Waals surface area contributed by atoms with Gasteiger partial charge in [0.1, 0.15) is 9.88 Å². The van der Waals surface area contributed by atoms with Crippen LogP contribution in [0.5, 0.6) is 0 Å². The summed E-state index contributed by atoms with van der Waals surface area (Å²) in [6.07, 6.45) is 3.82. The summed E-state index contributed by atoms with van der Waals surface area (Å²) in [4.78, 5) is 18.6. The molecule has 1 amide bonds. The van der Waals surface area contributed by atoms with Gasteiger partial charge < -0.3 is 11.1 Å². The summed E-state index contributed by atoms with van der Waals surface area (Å²) < 4.78 is 0. The van der Waals surface area contributed by atoms with E-state index in [1.54, 1.807) is 0 Å². The van der Waals surface area contributed by atoms with Gasteiger partial charge in [-0.2, -0.15) is 0 Å². The Kier molecular flexibility index (Phi) is 6.83.